The summed E-state index contributed by atoms with van der Waals surface area (Å²) in [6.07, 6.45) is 1.60. The van der Waals surface area contributed by atoms with Gasteiger partial charge in [-0.1, -0.05) is 30.3 Å². The van der Waals surface area contributed by atoms with E-state index in [1.165, 1.54) is 5.56 Å². The van der Waals surface area contributed by atoms with E-state index in [1.54, 1.807) is 12.1 Å². The topological polar surface area (TPSA) is 66.5 Å². The van der Waals surface area contributed by atoms with Crippen LogP contribution < -0.4 is 5.73 Å². The van der Waals surface area contributed by atoms with Gasteiger partial charge in [0.15, 0.2) is 11.5 Å². The Balaban J connectivity index is 2.12. The number of rotatable bonds is 1. The van der Waals surface area contributed by atoms with Gasteiger partial charge >= 0.3 is 0 Å². The van der Waals surface area contributed by atoms with Crippen molar-refractivity contribution in [2.24, 2.45) is 5.73 Å². The SMILES string of the molecule is N[C@@H]1Cc2cc(O)c(O)cc2[C@H](c2ccccc2)C1. The van der Waals surface area contributed by atoms with E-state index in [-0.39, 0.29) is 23.5 Å². The van der Waals surface area contributed by atoms with Gasteiger partial charge in [0.25, 0.3) is 0 Å². The molecule has 2 aromatic carbocycles. The smallest absolute Gasteiger partial charge is 0.157 e. The molecule has 1 aliphatic rings. The molecule has 3 heteroatoms. The van der Waals surface area contributed by atoms with Crippen molar-refractivity contribution in [2.75, 3.05) is 0 Å². The maximum Gasteiger partial charge on any atom is 0.157 e. The molecular weight excluding hydrogens is 238 g/mol. The van der Waals surface area contributed by atoms with Crippen molar-refractivity contribution in [1.82, 2.24) is 0 Å². The third-order valence-corrected chi connectivity index (χ3v) is 3.83. The predicted molar refractivity (Wildman–Crippen MR) is 74.4 cm³/mol. The minimum absolute atomic E-state index is 0.0600. The summed E-state index contributed by atoms with van der Waals surface area (Å²) in [5.74, 6) is 0.0567. The Morgan fingerprint density at radius 3 is 2.42 bits per heavy atom. The van der Waals surface area contributed by atoms with E-state index < -0.39 is 0 Å². The van der Waals surface area contributed by atoms with E-state index in [2.05, 4.69) is 12.1 Å². The fourth-order valence-electron chi connectivity index (χ4n) is 2.93. The molecule has 0 unspecified atom stereocenters. The van der Waals surface area contributed by atoms with Crippen molar-refractivity contribution >= 4 is 0 Å². The molecule has 0 spiro atoms. The van der Waals surface area contributed by atoms with Crippen LogP contribution in [-0.2, 0) is 6.42 Å². The monoisotopic (exact) mass is 255 g/mol. The summed E-state index contributed by atoms with van der Waals surface area (Å²) >= 11 is 0. The Kier molecular flexibility index (Phi) is 2.91. The van der Waals surface area contributed by atoms with E-state index in [9.17, 15) is 10.2 Å². The maximum absolute atomic E-state index is 9.72. The van der Waals surface area contributed by atoms with Gasteiger partial charge in [-0.2, -0.15) is 0 Å². The summed E-state index contributed by atoms with van der Waals surface area (Å²) in [4.78, 5) is 0. The fraction of sp³-hybridized carbons (Fsp3) is 0.250. The molecule has 4 N–H and O–H groups in total. The number of aromatic hydroxyl groups is 2. The van der Waals surface area contributed by atoms with Gasteiger partial charge in [0.05, 0.1) is 0 Å². The highest BCUT2D eigenvalue weighted by Gasteiger charge is 2.27. The van der Waals surface area contributed by atoms with Gasteiger partial charge in [-0.3, -0.25) is 0 Å². The molecule has 0 fully saturated rings. The maximum atomic E-state index is 9.72. The molecule has 98 valence electrons. The van der Waals surface area contributed by atoms with Crippen molar-refractivity contribution < 1.29 is 10.2 Å². The van der Waals surface area contributed by atoms with Crippen molar-refractivity contribution in [1.29, 1.82) is 0 Å². The van der Waals surface area contributed by atoms with Crippen LogP contribution in [0.25, 0.3) is 0 Å². The standard InChI is InChI=1S/C16H17NO2/c17-12-6-11-7-15(18)16(19)9-14(11)13(8-12)10-4-2-1-3-5-10/h1-5,7,9,12-13,18-19H,6,8,17H2/t12-,13+/m1/s1. The zero-order valence-corrected chi connectivity index (χ0v) is 10.6. The lowest BCUT2D eigenvalue weighted by Crippen LogP contribution is -2.30. The minimum atomic E-state index is -0.0698. The lowest BCUT2D eigenvalue weighted by atomic mass is 9.77. The normalized spacial score (nSPS) is 21.9. The molecule has 0 heterocycles. The number of phenols is 2. The van der Waals surface area contributed by atoms with Gasteiger partial charge in [0.2, 0.25) is 0 Å². The van der Waals surface area contributed by atoms with Crippen molar-refractivity contribution in [3.05, 3.63) is 59.2 Å². The first-order valence-corrected chi connectivity index (χ1v) is 6.50. The van der Waals surface area contributed by atoms with Crippen LogP contribution in [0.3, 0.4) is 0 Å². The quantitative estimate of drug-likeness (QED) is 0.686. The van der Waals surface area contributed by atoms with E-state index >= 15 is 0 Å². The highest BCUT2D eigenvalue weighted by Crippen LogP contribution is 2.40. The van der Waals surface area contributed by atoms with E-state index in [4.69, 9.17) is 5.73 Å². The lowest BCUT2D eigenvalue weighted by Gasteiger charge is -2.30. The first kappa shape index (κ1) is 12.1. The molecule has 0 bridgehead atoms. The van der Waals surface area contributed by atoms with Crippen LogP contribution in [0.15, 0.2) is 42.5 Å². The molecule has 0 radical (unpaired) electrons. The van der Waals surface area contributed by atoms with Crippen LogP contribution >= 0.6 is 0 Å². The van der Waals surface area contributed by atoms with Crippen LogP contribution in [0.2, 0.25) is 0 Å². The van der Waals surface area contributed by atoms with Crippen molar-refractivity contribution in [2.45, 2.75) is 24.8 Å². The van der Waals surface area contributed by atoms with Crippen LogP contribution in [0.5, 0.6) is 11.5 Å². The summed E-state index contributed by atoms with van der Waals surface area (Å²) in [6.45, 7) is 0. The minimum Gasteiger partial charge on any atom is -0.504 e. The molecule has 0 saturated heterocycles. The van der Waals surface area contributed by atoms with E-state index in [1.807, 2.05) is 18.2 Å². The molecule has 0 aliphatic heterocycles. The largest absolute Gasteiger partial charge is 0.504 e. The molecule has 0 amide bonds. The molecule has 2 atom stereocenters. The molecule has 1 aliphatic carbocycles. The third-order valence-electron chi connectivity index (χ3n) is 3.83. The van der Waals surface area contributed by atoms with Crippen molar-refractivity contribution in [3.63, 3.8) is 0 Å². The second kappa shape index (κ2) is 4.59. The molecule has 2 aromatic rings. The molecular formula is C16H17NO2. The van der Waals surface area contributed by atoms with Gasteiger partial charge in [-0.25, -0.2) is 0 Å². The summed E-state index contributed by atoms with van der Waals surface area (Å²) in [5, 5.41) is 19.4. The third kappa shape index (κ3) is 2.17. The Hall–Kier alpha value is -2.00. The second-order valence-electron chi connectivity index (χ2n) is 5.20. The van der Waals surface area contributed by atoms with E-state index in [0.717, 1.165) is 24.0 Å². The molecule has 3 nitrogen and oxygen atoms in total. The number of fused-ring (bicyclic) bond motifs is 1. The first-order valence-electron chi connectivity index (χ1n) is 6.50. The first-order chi connectivity index (χ1) is 9.15. The van der Waals surface area contributed by atoms with Gasteiger partial charge in [0, 0.05) is 12.0 Å². The number of hydrogen-bond acceptors (Lipinski definition) is 3. The van der Waals surface area contributed by atoms with Gasteiger partial charge < -0.3 is 15.9 Å². The molecule has 3 rings (SSSR count). The number of hydrogen-bond donors (Lipinski definition) is 3. The van der Waals surface area contributed by atoms with E-state index in [0.29, 0.717) is 0 Å². The molecule has 0 aromatic heterocycles. The average molecular weight is 255 g/mol. The van der Waals surface area contributed by atoms with Gasteiger partial charge in [-0.15, -0.1) is 0 Å². The lowest BCUT2D eigenvalue weighted by molar-refractivity contribution is 0.399. The van der Waals surface area contributed by atoms with Crippen LogP contribution in [0.4, 0.5) is 0 Å². The average Bonchev–Trinajstić information content (AvgIpc) is 2.41. The summed E-state index contributed by atoms with van der Waals surface area (Å²) in [7, 11) is 0. The highest BCUT2D eigenvalue weighted by molar-refractivity contribution is 5.50. The second-order valence-corrected chi connectivity index (χ2v) is 5.20. The van der Waals surface area contributed by atoms with Crippen LogP contribution in [-0.4, -0.2) is 16.3 Å². The fourth-order valence-corrected chi connectivity index (χ4v) is 2.93. The van der Waals surface area contributed by atoms with Crippen LogP contribution in [0.1, 0.15) is 29.0 Å². The molecule has 19 heavy (non-hydrogen) atoms. The Labute approximate surface area is 112 Å². The Morgan fingerprint density at radius 2 is 1.68 bits per heavy atom. The predicted octanol–water partition coefficient (Wildman–Crippen LogP) is 2.50. The summed E-state index contributed by atoms with van der Waals surface area (Å²) < 4.78 is 0. The van der Waals surface area contributed by atoms with Crippen molar-refractivity contribution in [3.8, 4) is 11.5 Å². The van der Waals surface area contributed by atoms with Gasteiger partial charge in [0.1, 0.15) is 0 Å². The molecule has 0 saturated carbocycles. The zero-order chi connectivity index (χ0) is 13.4. The Morgan fingerprint density at radius 1 is 1.00 bits per heavy atom. The number of benzene rings is 2. The summed E-state index contributed by atoms with van der Waals surface area (Å²) in [5.41, 5.74) is 9.42. The number of nitrogens with two attached hydrogens (primary N) is 1. The Bertz CT molecular complexity index is 595. The van der Waals surface area contributed by atoms with Crippen LogP contribution in [0, 0.1) is 0 Å². The number of phenolic OH excluding ortho intramolecular Hbond substituents is 2. The highest BCUT2D eigenvalue weighted by atomic mass is 16.3. The van der Waals surface area contributed by atoms with Gasteiger partial charge in [-0.05, 0) is 41.7 Å². The summed E-state index contributed by atoms with van der Waals surface area (Å²) in [6, 6.07) is 13.6. The zero-order valence-electron chi connectivity index (χ0n) is 10.6.